The molecule has 0 spiro atoms. The van der Waals surface area contributed by atoms with Crippen molar-refractivity contribution in [1.29, 1.82) is 0 Å². The van der Waals surface area contributed by atoms with Crippen LogP contribution in [-0.2, 0) is 6.54 Å². The summed E-state index contributed by atoms with van der Waals surface area (Å²) in [5.41, 5.74) is 2.78. The average molecular weight is 405 g/mol. The van der Waals surface area contributed by atoms with Gasteiger partial charge in [-0.05, 0) is 32.4 Å². The number of rotatable bonds is 4. The predicted molar refractivity (Wildman–Crippen MR) is 119 cm³/mol. The molecule has 6 nitrogen and oxygen atoms in total. The number of carbonyl (C=O) groups is 1. The van der Waals surface area contributed by atoms with Crippen molar-refractivity contribution >= 4 is 16.7 Å². The van der Waals surface area contributed by atoms with Gasteiger partial charge in [0.15, 0.2) is 5.69 Å². The van der Waals surface area contributed by atoms with E-state index in [1.165, 1.54) is 15.8 Å². The molecule has 0 bridgehead atoms. The van der Waals surface area contributed by atoms with Gasteiger partial charge in [-0.25, -0.2) is 4.68 Å². The lowest BCUT2D eigenvalue weighted by Crippen LogP contribution is -2.48. The van der Waals surface area contributed by atoms with Crippen molar-refractivity contribution in [2.75, 3.05) is 26.2 Å². The molecule has 4 rings (SSSR count). The van der Waals surface area contributed by atoms with E-state index < -0.39 is 0 Å². The predicted octanol–water partition coefficient (Wildman–Crippen LogP) is 3.24. The molecule has 1 saturated heterocycles. The maximum Gasteiger partial charge on any atom is 0.275 e. The zero-order chi connectivity index (χ0) is 21.3. The van der Waals surface area contributed by atoms with Crippen molar-refractivity contribution in [2.24, 2.45) is 0 Å². The molecule has 2 heterocycles. The van der Waals surface area contributed by atoms with Crippen LogP contribution in [0.3, 0.4) is 0 Å². The van der Waals surface area contributed by atoms with Crippen molar-refractivity contribution in [1.82, 2.24) is 19.6 Å². The van der Waals surface area contributed by atoms with E-state index in [1.54, 1.807) is 6.07 Å². The van der Waals surface area contributed by atoms with Crippen LogP contribution in [0.2, 0.25) is 0 Å². The molecule has 1 aliphatic heterocycles. The number of hydrogen-bond donors (Lipinski definition) is 0. The van der Waals surface area contributed by atoms with Gasteiger partial charge in [0.25, 0.3) is 11.5 Å². The Morgan fingerprint density at radius 2 is 1.70 bits per heavy atom. The molecule has 0 aliphatic carbocycles. The summed E-state index contributed by atoms with van der Waals surface area (Å²) in [5.74, 6) is -0.101. The Bertz CT molecular complexity index is 1130. The van der Waals surface area contributed by atoms with Gasteiger partial charge in [0.2, 0.25) is 0 Å². The van der Waals surface area contributed by atoms with E-state index in [1.807, 2.05) is 36.9 Å². The monoisotopic (exact) mass is 404 g/mol. The van der Waals surface area contributed by atoms with E-state index >= 15 is 0 Å². The van der Waals surface area contributed by atoms with Gasteiger partial charge in [0.1, 0.15) is 0 Å². The first-order valence-corrected chi connectivity index (χ1v) is 10.5. The number of aromatic nitrogens is 2. The highest BCUT2D eigenvalue weighted by molar-refractivity contribution is 6.04. The first kappa shape index (κ1) is 20.3. The van der Waals surface area contributed by atoms with Crippen LogP contribution in [0.4, 0.5) is 0 Å². The van der Waals surface area contributed by atoms with Gasteiger partial charge in [-0.1, -0.05) is 48.0 Å². The lowest BCUT2D eigenvalue weighted by Gasteiger charge is -2.34. The van der Waals surface area contributed by atoms with E-state index in [2.05, 4.69) is 41.2 Å². The van der Waals surface area contributed by atoms with E-state index in [4.69, 9.17) is 0 Å². The molecule has 0 unspecified atom stereocenters. The summed E-state index contributed by atoms with van der Waals surface area (Å²) >= 11 is 0. The summed E-state index contributed by atoms with van der Waals surface area (Å²) in [6.07, 6.45) is 0. The summed E-state index contributed by atoms with van der Waals surface area (Å²) < 4.78 is 1.42. The minimum absolute atomic E-state index is 0.101. The SMILES string of the molecule is Cc1cccc(CN2CCN(C(=O)c3nn(C(C)C)c(=O)c4ccccc34)CC2)c1. The third kappa shape index (κ3) is 4.00. The number of amides is 1. The first-order valence-electron chi connectivity index (χ1n) is 10.5. The van der Waals surface area contributed by atoms with Crippen LogP contribution in [0, 0.1) is 6.92 Å². The van der Waals surface area contributed by atoms with Gasteiger partial charge in [-0.15, -0.1) is 0 Å². The number of benzene rings is 2. The fraction of sp³-hybridized carbons (Fsp3) is 0.375. The normalized spacial score (nSPS) is 15.1. The summed E-state index contributed by atoms with van der Waals surface area (Å²) in [6, 6.07) is 15.7. The van der Waals surface area contributed by atoms with Gasteiger partial charge in [-0.2, -0.15) is 5.10 Å². The van der Waals surface area contributed by atoms with Crippen LogP contribution in [0.1, 0.15) is 41.5 Å². The van der Waals surface area contributed by atoms with Crippen LogP contribution < -0.4 is 5.56 Å². The fourth-order valence-electron chi connectivity index (χ4n) is 4.04. The van der Waals surface area contributed by atoms with E-state index in [0.717, 1.165) is 19.6 Å². The molecule has 6 heteroatoms. The molecule has 30 heavy (non-hydrogen) atoms. The highest BCUT2D eigenvalue weighted by Crippen LogP contribution is 2.18. The average Bonchev–Trinajstić information content (AvgIpc) is 2.74. The largest absolute Gasteiger partial charge is 0.335 e. The molecule has 156 valence electrons. The third-order valence-electron chi connectivity index (χ3n) is 5.67. The molecule has 0 radical (unpaired) electrons. The number of carbonyl (C=O) groups excluding carboxylic acids is 1. The first-order chi connectivity index (χ1) is 14.4. The second-order valence-corrected chi connectivity index (χ2v) is 8.30. The molecule has 3 aromatic rings. The van der Waals surface area contributed by atoms with Crippen LogP contribution in [0.25, 0.3) is 10.8 Å². The number of aryl methyl sites for hydroxylation is 1. The Balaban J connectivity index is 1.54. The number of nitrogens with zero attached hydrogens (tertiary/aromatic N) is 4. The Morgan fingerprint density at radius 3 is 2.37 bits per heavy atom. The van der Waals surface area contributed by atoms with Crippen molar-refractivity contribution in [3.05, 3.63) is 75.7 Å². The molecule has 1 aromatic heterocycles. The van der Waals surface area contributed by atoms with Gasteiger partial charge >= 0.3 is 0 Å². The van der Waals surface area contributed by atoms with E-state index in [9.17, 15) is 9.59 Å². The summed E-state index contributed by atoms with van der Waals surface area (Å²) in [6.45, 7) is 9.76. The molecule has 0 atom stereocenters. The van der Waals surface area contributed by atoms with Crippen molar-refractivity contribution in [3.8, 4) is 0 Å². The molecule has 1 amide bonds. The maximum absolute atomic E-state index is 13.3. The molecule has 0 saturated carbocycles. The molecule has 0 N–H and O–H groups in total. The lowest BCUT2D eigenvalue weighted by molar-refractivity contribution is 0.0622. The van der Waals surface area contributed by atoms with E-state index in [0.29, 0.717) is 29.6 Å². The summed E-state index contributed by atoms with van der Waals surface area (Å²) in [4.78, 5) is 30.3. The van der Waals surface area contributed by atoms with Crippen molar-refractivity contribution in [3.63, 3.8) is 0 Å². The Hall–Kier alpha value is -2.99. The smallest absolute Gasteiger partial charge is 0.275 e. The number of hydrogen-bond acceptors (Lipinski definition) is 4. The zero-order valence-corrected chi connectivity index (χ0v) is 17.8. The van der Waals surface area contributed by atoms with Crippen molar-refractivity contribution < 1.29 is 4.79 Å². The molecular weight excluding hydrogens is 376 g/mol. The maximum atomic E-state index is 13.3. The second-order valence-electron chi connectivity index (χ2n) is 8.30. The minimum Gasteiger partial charge on any atom is -0.335 e. The van der Waals surface area contributed by atoms with Gasteiger partial charge in [0, 0.05) is 38.1 Å². The minimum atomic E-state index is -0.153. The van der Waals surface area contributed by atoms with Crippen LogP contribution in [0.15, 0.2) is 53.3 Å². The lowest BCUT2D eigenvalue weighted by atomic mass is 10.1. The Labute approximate surface area is 176 Å². The second kappa shape index (κ2) is 8.40. The molecule has 1 aliphatic rings. The summed E-state index contributed by atoms with van der Waals surface area (Å²) in [7, 11) is 0. The third-order valence-corrected chi connectivity index (χ3v) is 5.67. The number of fused-ring (bicyclic) bond motifs is 1. The van der Waals surface area contributed by atoms with Crippen LogP contribution >= 0.6 is 0 Å². The quantitative estimate of drug-likeness (QED) is 0.670. The summed E-state index contributed by atoms with van der Waals surface area (Å²) in [5, 5.41) is 5.65. The van der Waals surface area contributed by atoms with Gasteiger partial charge in [0.05, 0.1) is 11.4 Å². The van der Waals surface area contributed by atoms with E-state index in [-0.39, 0.29) is 17.5 Å². The van der Waals surface area contributed by atoms with Crippen LogP contribution in [0.5, 0.6) is 0 Å². The molecule has 2 aromatic carbocycles. The molecule has 1 fully saturated rings. The van der Waals surface area contributed by atoms with Gasteiger partial charge in [-0.3, -0.25) is 14.5 Å². The topological polar surface area (TPSA) is 58.4 Å². The number of piperazine rings is 1. The van der Waals surface area contributed by atoms with Gasteiger partial charge < -0.3 is 4.90 Å². The fourth-order valence-corrected chi connectivity index (χ4v) is 4.04. The zero-order valence-electron chi connectivity index (χ0n) is 17.8. The molecular formula is C24H28N4O2. The highest BCUT2D eigenvalue weighted by atomic mass is 16.2. The highest BCUT2D eigenvalue weighted by Gasteiger charge is 2.26. The van der Waals surface area contributed by atoms with Crippen molar-refractivity contribution in [2.45, 2.75) is 33.4 Å². The Morgan fingerprint density at radius 1 is 1.00 bits per heavy atom. The Kier molecular flexibility index (Phi) is 5.68. The van der Waals surface area contributed by atoms with Crippen LogP contribution in [-0.4, -0.2) is 51.7 Å². The standard InChI is InChI=1S/C24H28N4O2/c1-17(2)28-23(29)21-10-5-4-9-20(21)22(25-28)24(30)27-13-11-26(12-14-27)16-19-8-6-7-18(3)15-19/h4-10,15,17H,11-14,16H2,1-3H3.